The summed E-state index contributed by atoms with van der Waals surface area (Å²) in [5.74, 6) is -0.277. The predicted octanol–water partition coefficient (Wildman–Crippen LogP) is 3.47. The Morgan fingerprint density at radius 3 is 2.29 bits per heavy atom. The first-order valence-electron chi connectivity index (χ1n) is 9.34. The molecule has 1 amide bonds. The lowest BCUT2D eigenvalue weighted by atomic mass is 10.1. The maximum absolute atomic E-state index is 12.5. The van der Waals surface area contributed by atoms with Crippen molar-refractivity contribution in [1.82, 2.24) is 4.90 Å². The molecule has 0 aromatic heterocycles. The first-order valence-corrected chi connectivity index (χ1v) is 11.4. The van der Waals surface area contributed by atoms with Gasteiger partial charge in [-0.1, -0.05) is 35.4 Å². The average Bonchev–Trinajstić information content (AvgIpc) is 2.68. The van der Waals surface area contributed by atoms with Gasteiger partial charge in [-0.15, -0.1) is 0 Å². The zero-order chi connectivity index (χ0) is 20.3. The van der Waals surface area contributed by atoms with Crippen LogP contribution in [0.25, 0.3) is 0 Å². The molecule has 5 nitrogen and oxygen atoms in total. The second-order valence-corrected chi connectivity index (χ2v) is 9.73. The molecule has 0 bridgehead atoms. The number of piperazine rings is 1. The van der Waals surface area contributed by atoms with Crippen LogP contribution in [0.4, 0.5) is 5.69 Å². The van der Waals surface area contributed by atoms with Crippen LogP contribution in [-0.2, 0) is 14.6 Å². The van der Waals surface area contributed by atoms with Gasteiger partial charge in [-0.25, -0.2) is 8.42 Å². The lowest BCUT2D eigenvalue weighted by molar-refractivity contribution is -0.131. The molecule has 2 aromatic rings. The normalized spacial score (nSPS) is 15.0. The van der Waals surface area contributed by atoms with Crippen LogP contribution in [0.2, 0.25) is 5.02 Å². The van der Waals surface area contributed by atoms with Crippen LogP contribution in [0, 0.1) is 13.8 Å². The molecular formula is C21H25ClN2O3S. The number of rotatable bonds is 5. The minimum Gasteiger partial charge on any atom is -0.368 e. The van der Waals surface area contributed by atoms with Gasteiger partial charge in [-0.3, -0.25) is 4.79 Å². The van der Waals surface area contributed by atoms with Gasteiger partial charge in [0.25, 0.3) is 0 Å². The Hall–Kier alpha value is -2.05. The number of halogens is 1. The van der Waals surface area contributed by atoms with E-state index in [9.17, 15) is 13.2 Å². The van der Waals surface area contributed by atoms with Gasteiger partial charge in [0, 0.05) is 43.3 Å². The molecule has 0 spiro atoms. The molecule has 150 valence electrons. The molecule has 7 heteroatoms. The maximum atomic E-state index is 12.5. The number of anilines is 1. The second kappa shape index (κ2) is 8.53. The maximum Gasteiger partial charge on any atom is 0.223 e. The van der Waals surface area contributed by atoms with Crippen LogP contribution >= 0.6 is 11.6 Å². The van der Waals surface area contributed by atoms with Gasteiger partial charge in [-0.05, 0) is 43.7 Å². The monoisotopic (exact) mass is 420 g/mol. The van der Waals surface area contributed by atoms with Gasteiger partial charge < -0.3 is 9.80 Å². The Balaban J connectivity index is 1.55. The van der Waals surface area contributed by atoms with Crippen molar-refractivity contribution in [2.24, 2.45) is 0 Å². The van der Waals surface area contributed by atoms with E-state index in [-0.39, 0.29) is 23.0 Å². The van der Waals surface area contributed by atoms with E-state index in [1.165, 1.54) is 0 Å². The molecule has 1 fully saturated rings. The highest BCUT2D eigenvalue weighted by molar-refractivity contribution is 7.91. The van der Waals surface area contributed by atoms with Crippen LogP contribution < -0.4 is 4.90 Å². The van der Waals surface area contributed by atoms with E-state index in [0.717, 1.165) is 16.8 Å². The van der Waals surface area contributed by atoms with Crippen molar-refractivity contribution < 1.29 is 13.2 Å². The summed E-state index contributed by atoms with van der Waals surface area (Å²) in [7, 11) is -3.45. The highest BCUT2D eigenvalue weighted by Crippen LogP contribution is 2.25. The Bertz CT molecular complexity index is 950. The fourth-order valence-corrected chi connectivity index (χ4v) is 4.76. The standard InChI is InChI=1S/C21H25ClN2O3S/c1-16-3-7-19(8-4-16)28(26,27)14-9-21(25)24-12-10-23(11-13-24)20-15-18(22)6-5-17(20)2/h3-8,15H,9-14H2,1-2H3. The number of hydrogen-bond acceptors (Lipinski definition) is 4. The zero-order valence-electron chi connectivity index (χ0n) is 16.2. The Morgan fingerprint density at radius 2 is 1.64 bits per heavy atom. The smallest absolute Gasteiger partial charge is 0.223 e. The van der Waals surface area contributed by atoms with E-state index in [1.54, 1.807) is 29.2 Å². The van der Waals surface area contributed by atoms with Crippen molar-refractivity contribution in [3.8, 4) is 0 Å². The summed E-state index contributed by atoms with van der Waals surface area (Å²) >= 11 is 6.11. The third-order valence-corrected chi connectivity index (χ3v) is 7.08. The molecule has 1 aliphatic heterocycles. The van der Waals surface area contributed by atoms with E-state index in [0.29, 0.717) is 31.2 Å². The summed E-state index contributed by atoms with van der Waals surface area (Å²) in [6.07, 6.45) is 0.00635. The van der Waals surface area contributed by atoms with Crippen molar-refractivity contribution >= 4 is 33.0 Å². The lowest BCUT2D eigenvalue weighted by Crippen LogP contribution is -2.49. The molecule has 1 aliphatic rings. The van der Waals surface area contributed by atoms with Gasteiger partial charge in [0.2, 0.25) is 5.91 Å². The fourth-order valence-electron chi connectivity index (χ4n) is 3.36. The zero-order valence-corrected chi connectivity index (χ0v) is 17.8. The third-order valence-electron chi connectivity index (χ3n) is 5.11. The number of amides is 1. The largest absolute Gasteiger partial charge is 0.368 e. The molecule has 28 heavy (non-hydrogen) atoms. The summed E-state index contributed by atoms with van der Waals surface area (Å²) in [5, 5.41) is 0.695. The van der Waals surface area contributed by atoms with Crippen molar-refractivity contribution in [3.05, 3.63) is 58.6 Å². The Labute approximate surface area is 171 Å². The molecule has 1 saturated heterocycles. The van der Waals surface area contributed by atoms with E-state index in [4.69, 9.17) is 11.6 Å². The Kier molecular flexibility index (Phi) is 6.30. The van der Waals surface area contributed by atoms with Crippen molar-refractivity contribution in [2.75, 3.05) is 36.8 Å². The quantitative estimate of drug-likeness (QED) is 0.743. The minimum absolute atomic E-state index is 0.00635. The van der Waals surface area contributed by atoms with Gasteiger partial charge in [0.15, 0.2) is 9.84 Å². The van der Waals surface area contributed by atoms with Gasteiger partial charge in [-0.2, -0.15) is 0 Å². The van der Waals surface area contributed by atoms with Gasteiger partial charge >= 0.3 is 0 Å². The number of carbonyl (C=O) groups is 1. The molecule has 3 rings (SSSR count). The number of benzene rings is 2. The molecule has 0 unspecified atom stereocenters. The topological polar surface area (TPSA) is 57.7 Å². The van der Waals surface area contributed by atoms with Gasteiger partial charge in [0.1, 0.15) is 0 Å². The third kappa shape index (κ3) is 4.86. The number of hydrogen-bond donors (Lipinski definition) is 0. The van der Waals surface area contributed by atoms with E-state index >= 15 is 0 Å². The highest BCUT2D eigenvalue weighted by atomic mass is 35.5. The van der Waals surface area contributed by atoms with Crippen LogP contribution in [0.1, 0.15) is 17.5 Å². The van der Waals surface area contributed by atoms with Crippen molar-refractivity contribution in [2.45, 2.75) is 25.2 Å². The van der Waals surface area contributed by atoms with Crippen molar-refractivity contribution in [1.29, 1.82) is 0 Å². The van der Waals surface area contributed by atoms with Crippen LogP contribution in [0.5, 0.6) is 0 Å². The molecular weight excluding hydrogens is 396 g/mol. The summed E-state index contributed by atoms with van der Waals surface area (Å²) in [5.41, 5.74) is 3.23. The van der Waals surface area contributed by atoms with Crippen LogP contribution in [0.3, 0.4) is 0 Å². The lowest BCUT2D eigenvalue weighted by Gasteiger charge is -2.37. The molecule has 0 N–H and O–H groups in total. The second-order valence-electron chi connectivity index (χ2n) is 7.18. The first kappa shape index (κ1) is 20.7. The molecule has 2 aromatic carbocycles. The summed E-state index contributed by atoms with van der Waals surface area (Å²) in [6.45, 7) is 6.52. The van der Waals surface area contributed by atoms with E-state index in [1.807, 2.05) is 32.0 Å². The molecule has 0 aliphatic carbocycles. The molecule has 0 atom stereocenters. The average molecular weight is 421 g/mol. The van der Waals surface area contributed by atoms with Crippen LogP contribution in [0.15, 0.2) is 47.4 Å². The van der Waals surface area contributed by atoms with E-state index in [2.05, 4.69) is 4.90 Å². The van der Waals surface area contributed by atoms with Crippen LogP contribution in [-0.4, -0.2) is 51.2 Å². The summed E-state index contributed by atoms with van der Waals surface area (Å²) in [6, 6.07) is 12.5. The summed E-state index contributed by atoms with van der Waals surface area (Å²) < 4.78 is 24.9. The minimum atomic E-state index is -3.45. The SMILES string of the molecule is Cc1ccc(S(=O)(=O)CCC(=O)N2CCN(c3cc(Cl)ccc3C)CC2)cc1. The Morgan fingerprint density at radius 1 is 1.00 bits per heavy atom. The molecule has 0 saturated carbocycles. The molecule has 0 radical (unpaired) electrons. The number of carbonyl (C=O) groups excluding carboxylic acids is 1. The van der Waals surface area contributed by atoms with E-state index < -0.39 is 9.84 Å². The number of sulfone groups is 1. The number of aryl methyl sites for hydroxylation is 2. The first-order chi connectivity index (χ1) is 13.3. The van der Waals surface area contributed by atoms with Crippen molar-refractivity contribution in [3.63, 3.8) is 0 Å². The highest BCUT2D eigenvalue weighted by Gasteiger charge is 2.24. The molecule has 1 heterocycles. The fraction of sp³-hybridized carbons (Fsp3) is 0.381. The van der Waals surface area contributed by atoms with Gasteiger partial charge in [0.05, 0.1) is 10.6 Å². The predicted molar refractivity (Wildman–Crippen MR) is 113 cm³/mol. The summed E-state index contributed by atoms with van der Waals surface area (Å²) in [4.78, 5) is 16.8. The number of nitrogens with zero attached hydrogens (tertiary/aromatic N) is 2.